The second kappa shape index (κ2) is 11.6. The monoisotopic (exact) mass is 517 g/mol. The van der Waals surface area contributed by atoms with E-state index in [0.717, 1.165) is 47.8 Å². The highest BCUT2D eigenvalue weighted by Gasteiger charge is 2.24. The molecule has 3 rings (SSSR count). The Labute approximate surface area is 206 Å². The molecule has 0 saturated carbocycles. The molecule has 2 amide bonds. The molecule has 1 fully saturated rings. The molecule has 1 saturated heterocycles. The van der Waals surface area contributed by atoms with Gasteiger partial charge in [0.2, 0.25) is 0 Å². The van der Waals surface area contributed by atoms with Gasteiger partial charge < -0.3 is 29.7 Å². The van der Waals surface area contributed by atoms with E-state index in [1.54, 1.807) is 12.0 Å². The average molecular weight is 519 g/mol. The minimum atomic E-state index is -0.110. The van der Waals surface area contributed by atoms with Crippen LogP contribution in [-0.2, 0) is 0 Å². The van der Waals surface area contributed by atoms with E-state index in [0.29, 0.717) is 12.6 Å². The van der Waals surface area contributed by atoms with Crippen LogP contribution in [0.5, 0.6) is 5.75 Å². The van der Waals surface area contributed by atoms with Crippen LogP contribution in [0.3, 0.4) is 0 Å². The summed E-state index contributed by atoms with van der Waals surface area (Å²) in [6.07, 6.45) is 1.18. The van der Waals surface area contributed by atoms with Gasteiger partial charge in [0, 0.05) is 68.9 Å². The fourth-order valence-electron chi connectivity index (χ4n) is 4.06. The van der Waals surface area contributed by atoms with Crippen LogP contribution in [0.2, 0.25) is 0 Å². The summed E-state index contributed by atoms with van der Waals surface area (Å²) in [5.74, 6) is 0.798. The molecule has 1 aliphatic heterocycles. The van der Waals surface area contributed by atoms with Gasteiger partial charge in [-0.2, -0.15) is 0 Å². The molecule has 1 aliphatic rings. The SMILES string of the molecule is CCN(CCN(C)C(=O)Nc1ccc(N2CCC(N(C)C)C2)cc1)c1ccc(Br)c(OC)c1. The molecule has 0 bridgehead atoms. The lowest BCUT2D eigenvalue weighted by molar-refractivity contribution is 0.223. The van der Waals surface area contributed by atoms with Crippen molar-refractivity contribution in [3.05, 3.63) is 46.9 Å². The highest BCUT2D eigenvalue weighted by atomic mass is 79.9. The van der Waals surface area contributed by atoms with Crippen molar-refractivity contribution in [2.75, 3.05) is 76.1 Å². The van der Waals surface area contributed by atoms with E-state index in [2.05, 4.69) is 75.2 Å². The van der Waals surface area contributed by atoms with Gasteiger partial charge in [0.05, 0.1) is 11.6 Å². The predicted molar refractivity (Wildman–Crippen MR) is 141 cm³/mol. The molecule has 7 nitrogen and oxygen atoms in total. The number of urea groups is 1. The second-order valence-corrected chi connectivity index (χ2v) is 9.50. The molecule has 0 spiro atoms. The zero-order valence-corrected chi connectivity index (χ0v) is 21.9. The number of anilines is 3. The maximum Gasteiger partial charge on any atom is 0.321 e. The van der Waals surface area contributed by atoms with Gasteiger partial charge in [0.15, 0.2) is 0 Å². The Bertz CT molecular complexity index is 922. The highest BCUT2D eigenvalue weighted by molar-refractivity contribution is 9.10. The molecule has 1 atom stereocenters. The highest BCUT2D eigenvalue weighted by Crippen LogP contribution is 2.29. The standard InChI is InChI=1S/C25H36BrN5O2/c1-6-30(21-11-12-23(26)24(17-21)33-5)16-15-29(4)25(32)27-19-7-9-20(10-8-19)31-14-13-22(18-31)28(2)3/h7-12,17,22H,6,13-16,18H2,1-5H3,(H,27,32). The quantitative estimate of drug-likeness (QED) is 0.527. The van der Waals surface area contributed by atoms with Crippen molar-refractivity contribution < 1.29 is 9.53 Å². The topological polar surface area (TPSA) is 51.3 Å². The number of hydrogen-bond acceptors (Lipinski definition) is 5. The molecule has 2 aromatic rings. The van der Waals surface area contributed by atoms with Gasteiger partial charge in [-0.25, -0.2) is 4.79 Å². The number of likely N-dealkylation sites (N-methyl/N-ethyl adjacent to an activating group) is 3. The number of nitrogens with zero attached hydrogens (tertiary/aromatic N) is 4. The molecule has 0 radical (unpaired) electrons. The van der Waals surface area contributed by atoms with Crippen molar-refractivity contribution in [2.45, 2.75) is 19.4 Å². The Hall–Kier alpha value is -2.45. The van der Waals surface area contributed by atoms with Crippen molar-refractivity contribution in [3.8, 4) is 5.75 Å². The third-order valence-electron chi connectivity index (χ3n) is 6.31. The lowest BCUT2D eigenvalue weighted by Crippen LogP contribution is -2.38. The molecule has 1 N–H and O–H groups in total. The third kappa shape index (κ3) is 6.54. The van der Waals surface area contributed by atoms with E-state index >= 15 is 0 Å². The molecular weight excluding hydrogens is 482 g/mol. The molecule has 2 aromatic carbocycles. The van der Waals surface area contributed by atoms with Crippen molar-refractivity contribution in [3.63, 3.8) is 0 Å². The maximum atomic E-state index is 12.7. The number of rotatable bonds is 9. The first-order valence-corrected chi connectivity index (χ1v) is 12.2. The van der Waals surface area contributed by atoms with Crippen molar-refractivity contribution in [2.24, 2.45) is 0 Å². The van der Waals surface area contributed by atoms with Crippen LogP contribution in [0.1, 0.15) is 13.3 Å². The first-order chi connectivity index (χ1) is 15.8. The predicted octanol–water partition coefficient (Wildman–Crippen LogP) is 4.59. The number of amides is 2. The minimum Gasteiger partial charge on any atom is -0.495 e. The summed E-state index contributed by atoms with van der Waals surface area (Å²) < 4.78 is 6.34. The third-order valence-corrected chi connectivity index (χ3v) is 6.97. The van der Waals surface area contributed by atoms with Gasteiger partial charge in [-0.1, -0.05) is 0 Å². The van der Waals surface area contributed by atoms with E-state index in [-0.39, 0.29) is 6.03 Å². The van der Waals surface area contributed by atoms with Crippen LogP contribution >= 0.6 is 15.9 Å². The summed E-state index contributed by atoms with van der Waals surface area (Å²) in [5, 5.41) is 3.01. The molecule has 1 heterocycles. The smallest absolute Gasteiger partial charge is 0.321 e. The molecule has 1 unspecified atom stereocenters. The van der Waals surface area contributed by atoms with E-state index in [9.17, 15) is 4.79 Å². The Morgan fingerprint density at radius 3 is 2.48 bits per heavy atom. The van der Waals surface area contributed by atoms with Gasteiger partial charge in [0.1, 0.15) is 5.75 Å². The van der Waals surface area contributed by atoms with Crippen LogP contribution in [0.4, 0.5) is 21.9 Å². The molecular formula is C25H36BrN5O2. The van der Waals surface area contributed by atoms with Crippen molar-refractivity contribution in [1.29, 1.82) is 0 Å². The Morgan fingerprint density at radius 1 is 1.15 bits per heavy atom. The van der Waals surface area contributed by atoms with Gasteiger partial charge >= 0.3 is 6.03 Å². The van der Waals surface area contributed by atoms with Crippen molar-refractivity contribution >= 4 is 39.0 Å². The van der Waals surface area contributed by atoms with E-state index in [1.807, 2.05) is 31.3 Å². The lowest BCUT2D eigenvalue weighted by atomic mass is 10.2. The van der Waals surface area contributed by atoms with Crippen LogP contribution < -0.4 is 19.9 Å². The normalized spacial score (nSPS) is 15.6. The van der Waals surface area contributed by atoms with E-state index in [1.165, 1.54) is 12.1 Å². The maximum absolute atomic E-state index is 12.7. The van der Waals surface area contributed by atoms with Gasteiger partial charge in [-0.15, -0.1) is 0 Å². The molecule has 0 aromatic heterocycles. The summed E-state index contributed by atoms with van der Waals surface area (Å²) >= 11 is 3.50. The van der Waals surface area contributed by atoms with Crippen LogP contribution in [-0.4, -0.2) is 82.8 Å². The van der Waals surface area contributed by atoms with Crippen LogP contribution in [0, 0.1) is 0 Å². The van der Waals surface area contributed by atoms with E-state index < -0.39 is 0 Å². The molecule has 180 valence electrons. The van der Waals surface area contributed by atoms with Gasteiger partial charge in [0.25, 0.3) is 0 Å². The number of ether oxygens (including phenoxy) is 1. The molecule has 8 heteroatoms. The van der Waals surface area contributed by atoms with Crippen LogP contribution in [0.25, 0.3) is 0 Å². The van der Waals surface area contributed by atoms with Gasteiger partial charge in [-0.05, 0) is 79.8 Å². The van der Waals surface area contributed by atoms with Crippen LogP contribution in [0.15, 0.2) is 46.9 Å². The molecule has 33 heavy (non-hydrogen) atoms. The van der Waals surface area contributed by atoms with Crippen molar-refractivity contribution in [1.82, 2.24) is 9.80 Å². The summed E-state index contributed by atoms with van der Waals surface area (Å²) in [4.78, 5) is 21.3. The largest absolute Gasteiger partial charge is 0.495 e. The zero-order chi connectivity index (χ0) is 24.0. The zero-order valence-electron chi connectivity index (χ0n) is 20.3. The Balaban J connectivity index is 1.52. The first-order valence-electron chi connectivity index (χ1n) is 11.4. The minimum absolute atomic E-state index is 0.110. The lowest BCUT2D eigenvalue weighted by Gasteiger charge is -2.27. The second-order valence-electron chi connectivity index (χ2n) is 8.65. The summed E-state index contributed by atoms with van der Waals surface area (Å²) in [6, 6.07) is 14.7. The number of halogens is 1. The first kappa shape index (κ1) is 25.2. The number of hydrogen-bond donors (Lipinski definition) is 1. The summed E-state index contributed by atoms with van der Waals surface area (Å²) in [6.45, 7) is 6.39. The fourth-order valence-corrected chi connectivity index (χ4v) is 4.47. The number of carbonyl (C=O) groups excluding carboxylic acids is 1. The average Bonchev–Trinajstić information content (AvgIpc) is 3.31. The Morgan fingerprint density at radius 2 is 1.88 bits per heavy atom. The fraction of sp³-hybridized carbons (Fsp3) is 0.480. The number of carbonyl (C=O) groups is 1. The molecule has 0 aliphatic carbocycles. The van der Waals surface area contributed by atoms with Gasteiger partial charge in [-0.3, -0.25) is 0 Å². The summed E-state index contributed by atoms with van der Waals surface area (Å²) in [7, 11) is 7.76. The number of nitrogens with one attached hydrogen (secondary N) is 1. The number of benzene rings is 2. The summed E-state index contributed by atoms with van der Waals surface area (Å²) in [5.41, 5.74) is 3.08. The number of methoxy groups -OCH3 is 1. The Kier molecular flexibility index (Phi) is 8.86. The van der Waals surface area contributed by atoms with E-state index in [4.69, 9.17) is 4.74 Å².